The quantitative estimate of drug-likeness (QED) is 0.894. The zero-order valence-electron chi connectivity index (χ0n) is 10.6. The predicted octanol–water partition coefficient (Wildman–Crippen LogP) is 2.17. The summed E-state index contributed by atoms with van der Waals surface area (Å²) >= 11 is 0. The summed E-state index contributed by atoms with van der Waals surface area (Å²) in [6, 6.07) is 7.70. The number of aliphatic hydroxyl groups excluding tert-OH is 1. The van der Waals surface area contributed by atoms with Crippen molar-refractivity contribution in [3.8, 4) is 0 Å². The summed E-state index contributed by atoms with van der Waals surface area (Å²) < 4.78 is 0. The summed E-state index contributed by atoms with van der Waals surface area (Å²) in [5.74, 6) is 0.852. The van der Waals surface area contributed by atoms with Gasteiger partial charge in [0.15, 0.2) is 0 Å². The van der Waals surface area contributed by atoms with Gasteiger partial charge in [0.05, 0.1) is 6.10 Å². The van der Waals surface area contributed by atoms with Gasteiger partial charge in [-0.15, -0.1) is 0 Å². The fourth-order valence-electron chi connectivity index (χ4n) is 1.75. The number of anilines is 1. The molecule has 94 valence electrons. The minimum absolute atomic E-state index is 0.471. The Balaban J connectivity index is 2.14. The number of hydrogen-bond acceptors (Lipinski definition) is 4. The maximum Gasteiger partial charge on any atom is 0.128 e. The summed E-state index contributed by atoms with van der Waals surface area (Å²) in [4.78, 5) is 10.4. The second-order valence-electron chi connectivity index (χ2n) is 4.33. The van der Waals surface area contributed by atoms with E-state index in [-0.39, 0.29) is 0 Å². The molecule has 2 aromatic heterocycles. The third-order valence-electron chi connectivity index (χ3n) is 2.81. The highest BCUT2D eigenvalue weighted by Gasteiger charge is 2.06. The van der Waals surface area contributed by atoms with Crippen LogP contribution >= 0.6 is 0 Å². The second-order valence-corrected chi connectivity index (χ2v) is 4.33. The Kier molecular flexibility index (Phi) is 3.89. The number of hydrogen-bond donors (Lipinski definition) is 1. The molecule has 0 aliphatic rings. The topological polar surface area (TPSA) is 49.3 Å². The average Bonchev–Trinajstić information content (AvgIpc) is 2.40. The van der Waals surface area contributed by atoms with Gasteiger partial charge in [0, 0.05) is 32.2 Å². The molecule has 18 heavy (non-hydrogen) atoms. The van der Waals surface area contributed by atoms with E-state index in [1.807, 2.05) is 36.2 Å². The number of pyridine rings is 2. The molecule has 0 amide bonds. The van der Waals surface area contributed by atoms with Crippen LogP contribution in [0, 0.1) is 0 Å². The van der Waals surface area contributed by atoms with Gasteiger partial charge in [-0.3, -0.25) is 4.98 Å². The third-order valence-corrected chi connectivity index (χ3v) is 2.81. The first-order chi connectivity index (χ1) is 8.66. The summed E-state index contributed by atoms with van der Waals surface area (Å²) in [7, 11) is 1.98. The first-order valence-electron chi connectivity index (χ1n) is 5.91. The highest BCUT2D eigenvalue weighted by atomic mass is 16.3. The predicted molar refractivity (Wildman–Crippen MR) is 71.2 cm³/mol. The van der Waals surface area contributed by atoms with Crippen molar-refractivity contribution in [3.05, 3.63) is 54.0 Å². The van der Waals surface area contributed by atoms with Crippen molar-refractivity contribution in [1.82, 2.24) is 9.97 Å². The highest BCUT2D eigenvalue weighted by Crippen LogP contribution is 2.18. The summed E-state index contributed by atoms with van der Waals surface area (Å²) in [5.41, 5.74) is 2.05. The van der Waals surface area contributed by atoms with Crippen LogP contribution in [0.1, 0.15) is 24.2 Å². The van der Waals surface area contributed by atoms with Gasteiger partial charge in [-0.1, -0.05) is 0 Å². The van der Waals surface area contributed by atoms with Crippen LogP contribution in [0.2, 0.25) is 0 Å². The monoisotopic (exact) mass is 243 g/mol. The van der Waals surface area contributed by atoms with Crippen LogP contribution in [0.4, 0.5) is 5.82 Å². The fourth-order valence-corrected chi connectivity index (χ4v) is 1.75. The van der Waals surface area contributed by atoms with Gasteiger partial charge in [0.25, 0.3) is 0 Å². The minimum atomic E-state index is -0.471. The summed E-state index contributed by atoms with van der Waals surface area (Å²) in [6.45, 7) is 2.51. The molecular formula is C14H17N3O. The molecule has 0 saturated carbocycles. The standard InChI is InChI=1S/C14H17N3O/c1-11(18)13-5-8-16-14(9-13)17(2)10-12-3-6-15-7-4-12/h3-9,11,18H,10H2,1-2H3/t11-/m0/s1. The molecule has 2 rings (SSSR count). The molecule has 0 aliphatic carbocycles. The molecule has 4 nitrogen and oxygen atoms in total. The Morgan fingerprint density at radius 1 is 1.22 bits per heavy atom. The molecule has 2 aromatic rings. The highest BCUT2D eigenvalue weighted by molar-refractivity contribution is 5.41. The van der Waals surface area contributed by atoms with Crippen LogP contribution in [0.25, 0.3) is 0 Å². The van der Waals surface area contributed by atoms with Gasteiger partial charge in [0.1, 0.15) is 5.82 Å². The van der Waals surface area contributed by atoms with Crippen LogP contribution in [0.5, 0.6) is 0 Å². The molecular weight excluding hydrogens is 226 g/mol. The van der Waals surface area contributed by atoms with Gasteiger partial charge in [-0.25, -0.2) is 4.98 Å². The van der Waals surface area contributed by atoms with Gasteiger partial charge in [-0.2, -0.15) is 0 Å². The second kappa shape index (κ2) is 5.60. The largest absolute Gasteiger partial charge is 0.389 e. The Hall–Kier alpha value is -1.94. The molecule has 0 aliphatic heterocycles. The lowest BCUT2D eigenvalue weighted by Crippen LogP contribution is -2.17. The Morgan fingerprint density at radius 3 is 2.61 bits per heavy atom. The normalized spacial score (nSPS) is 12.2. The molecule has 0 fully saturated rings. The van der Waals surface area contributed by atoms with E-state index in [1.54, 1.807) is 25.5 Å². The van der Waals surface area contributed by atoms with Crippen LogP contribution in [0.15, 0.2) is 42.9 Å². The van der Waals surface area contributed by atoms with Crippen LogP contribution in [-0.4, -0.2) is 22.1 Å². The van der Waals surface area contributed by atoms with Crippen molar-refractivity contribution in [2.24, 2.45) is 0 Å². The first-order valence-corrected chi connectivity index (χ1v) is 5.91. The maximum atomic E-state index is 9.57. The molecule has 0 unspecified atom stereocenters. The van der Waals surface area contributed by atoms with Crippen LogP contribution in [-0.2, 0) is 6.54 Å². The molecule has 0 aromatic carbocycles. The summed E-state index contributed by atoms with van der Waals surface area (Å²) in [5, 5.41) is 9.57. The number of rotatable bonds is 4. The van der Waals surface area contributed by atoms with Gasteiger partial charge < -0.3 is 10.0 Å². The third kappa shape index (κ3) is 3.05. The van der Waals surface area contributed by atoms with Crippen molar-refractivity contribution in [3.63, 3.8) is 0 Å². The smallest absolute Gasteiger partial charge is 0.128 e. The van der Waals surface area contributed by atoms with Crippen LogP contribution < -0.4 is 4.90 Å². The molecule has 0 saturated heterocycles. The lowest BCUT2D eigenvalue weighted by Gasteiger charge is -2.19. The molecule has 4 heteroatoms. The zero-order valence-corrected chi connectivity index (χ0v) is 10.6. The fraction of sp³-hybridized carbons (Fsp3) is 0.286. The van der Waals surface area contributed by atoms with E-state index in [0.29, 0.717) is 0 Å². The van der Waals surface area contributed by atoms with Crippen molar-refractivity contribution >= 4 is 5.82 Å². The lowest BCUT2D eigenvalue weighted by atomic mass is 10.1. The van der Waals surface area contributed by atoms with E-state index in [4.69, 9.17) is 0 Å². The molecule has 1 N–H and O–H groups in total. The van der Waals surface area contributed by atoms with Gasteiger partial charge in [0.2, 0.25) is 0 Å². The molecule has 0 bridgehead atoms. The van der Waals surface area contributed by atoms with Gasteiger partial charge in [-0.05, 0) is 42.3 Å². The Morgan fingerprint density at radius 2 is 1.94 bits per heavy atom. The SMILES string of the molecule is C[C@H](O)c1ccnc(N(C)Cc2ccncc2)c1. The number of aliphatic hydroxyl groups is 1. The molecule has 0 spiro atoms. The summed E-state index contributed by atoms with van der Waals surface area (Å²) in [6.07, 6.45) is 4.81. The van der Waals surface area contributed by atoms with Crippen molar-refractivity contribution in [1.29, 1.82) is 0 Å². The Bertz CT molecular complexity index is 499. The van der Waals surface area contributed by atoms with E-state index in [1.165, 1.54) is 5.56 Å². The van der Waals surface area contributed by atoms with Crippen molar-refractivity contribution in [2.75, 3.05) is 11.9 Å². The first kappa shape index (κ1) is 12.5. The van der Waals surface area contributed by atoms with E-state index < -0.39 is 6.10 Å². The van der Waals surface area contributed by atoms with E-state index >= 15 is 0 Å². The molecule has 0 radical (unpaired) electrons. The van der Waals surface area contributed by atoms with Gasteiger partial charge >= 0.3 is 0 Å². The maximum absolute atomic E-state index is 9.57. The molecule has 1 atom stereocenters. The zero-order chi connectivity index (χ0) is 13.0. The van der Waals surface area contributed by atoms with Crippen molar-refractivity contribution in [2.45, 2.75) is 19.6 Å². The van der Waals surface area contributed by atoms with E-state index in [9.17, 15) is 5.11 Å². The molecule has 2 heterocycles. The van der Waals surface area contributed by atoms with E-state index in [0.717, 1.165) is 17.9 Å². The van der Waals surface area contributed by atoms with E-state index in [2.05, 4.69) is 9.97 Å². The minimum Gasteiger partial charge on any atom is -0.389 e. The average molecular weight is 243 g/mol. The number of aromatic nitrogens is 2. The number of nitrogens with zero attached hydrogens (tertiary/aromatic N) is 3. The lowest BCUT2D eigenvalue weighted by molar-refractivity contribution is 0.199. The van der Waals surface area contributed by atoms with Crippen LogP contribution in [0.3, 0.4) is 0 Å². The van der Waals surface area contributed by atoms with Crippen molar-refractivity contribution < 1.29 is 5.11 Å². The Labute approximate surface area is 107 Å².